The topological polar surface area (TPSA) is 30.2 Å². The summed E-state index contributed by atoms with van der Waals surface area (Å²) in [5.41, 5.74) is 5.14. The van der Waals surface area contributed by atoms with Crippen molar-refractivity contribution in [3.8, 4) is 22.5 Å². The smallest absolute Gasteiger partial charge is 0.195 e. The SMILES string of the molecule is Clc1ccc(-c2nc3sc4cnccc4n3c2-c2ccc(Cl)cc2)cc1. The van der Waals surface area contributed by atoms with Crippen LogP contribution in [0, 0.1) is 0 Å². The molecule has 0 aliphatic rings. The number of fused-ring (bicyclic) bond motifs is 3. The van der Waals surface area contributed by atoms with Crippen LogP contribution in [-0.2, 0) is 0 Å². The van der Waals surface area contributed by atoms with Crippen molar-refractivity contribution in [1.82, 2.24) is 14.4 Å². The second-order valence-electron chi connectivity index (χ2n) is 5.89. The van der Waals surface area contributed by atoms with E-state index in [1.807, 2.05) is 67.0 Å². The van der Waals surface area contributed by atoms with Crippen LogP contribution in [0.4, 0.5) is 0 Å². The first kappa shape index (κ1) is 15.8. The number of imidazole rings is 1. The molecule has 0 atom stereocenters. The zero-order valence-electron chi connectivity index (χ0n) is 13.4. The van der Waals surface area contributed by atoms with Crippen molar-refractivity contribution >= 4 is 49.7 Å². The highest BCUT2D eigenvalue weighted by molar-refractivity contribution is 7.23. The molecule has 0 bridgehead atoms. The zero-order valence-corrected chi connectivity index (χ0v) is 15.7. The number of aromatic nitrogens is 3. The van der Waals surface area contributed by atoms with Gasteiger partial charge in [0.1, 0.15) is 0 Å². The minimum Gasteiger partial charge on any atom is -0.282 e. The van der Waals surface area contributed by atoms with E-state index in [0.29, 0.717) is 10.0 Å². The molecular formula is C20H11Cl2N3S. The van der Waals surface area contributed by atoms with Crippen molar-refractivity contribution in [2.75, 3.05) is 0 Å². The van der Waals surface area contributed by atoms with E-state index in [0.717, 1.165) is 37.7 Å². The monoisotopic (exact) mass is 395 g/mol. The van der Waals surface area contributed by atoms with E-state index in [4.69, 9.17) is 28.2 Å². The van der Waals surface area contributed by atoms with Crippen LogP contribution in [0.25, 0.3) is 37.7 Å². The van der Waals surface area contributed by atoms with Gasteiger partial charge in [-0.1, -0.05) is 58.8 Å². The molecule has 5 aromatic rings. The fourth-order valence-corrected chi connectivity index (χ4v) is 4.35. The van der Waals surface area contributed by atoms with Crippen LogP contribution >= 0.6 is 34.5 Å². The summed E-state index contributed by atoms with van der Waals surface area (Å²) in [5, 5.41) is 1.42. The summed E-state index contributed by atoms with van der Waals surface area (Å²) in [5.74, 6) is 0. The van der Waals surface area contributed by atoms with Gasteiger partial charge < -0.3 is 0 Å². The number of halogens is 2. The molecule has 0 saturated carbocycles. The molecule has 0 amide bonds. The van der Waals surface area contributed by atoms with Crippen LogP contribution in [0.5, 0.6) is 0 Å². The Morgan fingerprint density at radius 1 is 0.808 bits per heavy atom. The molecule has 3 heterocycles. The maximum atomic E-state index is 6.10. The molecule has 0 radical (unpaired) electrons. The number of nitrogens with zero attached hydrogens (tertiary/aromatic N) is 3. The van der Waals surface area contributed by atoms with Crippen molar-refractivity contribution < 1.29 is 0 Å². The summed E-state index contributed by atoms with van der Waals surface area (Å²) in [4.78, 5) is 10.1. The maximum Gasteiger partial charge on any atom is 0.195 e. The maximum absolute atomic E-state index is 6.10. The largest absolute Gasteiger partial charge is 0.282 e. The second-order valence-corrected chi connectivity index (χ2v) is 7.77. The van der Waals surface area contributed by atoms with Gasteiger partial charge in [0, 0.05) is 33.6 Å². The Balaban J connectivity index is 1.88. The summed E-state index contributed by atoms with van der Waals surface area (Å²) in [6, 6.07) is 17.6. The molecule has 0 fully saturated rings. The summed E-state index contributed by atoms with van der Waals surface area (Å²) in [7, 11) is 0. The Morgan fingerprint density at radius 2 is 1.46 bits per heavy atom. The van der Waals surface area contributed by atoms with Gasteiger partial charge in [-0.15, -0.1) is 0 Å². The van der Waals surface area contributed by atoms with E-state index in [1.54, 1.807) is 11.3 Å². The molecule has 0 saturated heterocycles. The third-order valence-corrected chi connectivity index (χ3v) is 5.78. The van der Waals surface area contributed by atoms with Crippen LogP contribution < -0.4 is 0 Å². The van der Waals surface area contributed by atoms with Gasteiger partial charge >= 0.3 is 0 Å². The van der Waals surface area contributed by atoms with Crippen LogP contribution in [0.1, 0.15) is 0 Å². The quantitative estimate of drug-likeness (QED) is 0.337. The predicted octanol–water partition coefficient (Wildman–Crippen LogP) is 6.58. The minimum atomic E-state index is 0.708. The van der Waals surface area contributed by atoms with E-state index in [-0.39, 0.29) is 0 Å². The van der Waals surface area contributed by atoms with Gasteiger partial charge in [-0.2, -0.15) is 0 Å². The van der Waals surface area contributed by atoms with Crippen LogP contribution in [0.3, 0.4) is 0 Å². The van der Waals surface area contributed by atoms with Gasteiger partial charge in [0.2, 0.25) is 0 Å². The van der Waals surface area contributed by atoms with E-state index in [2.05, 4.69) is 9.38 Å². The number of rotatable bonds is 2. The fourth-order valence-electron chi connectivity index (χ4n) is 3.11. The number of hydrogen-bond donors (Lipinski definition) is 0. The predicted molar refractivity (Wildman–Crippen MR) is 109 cm³/mol. The standard InChI is InChI=1S/C20H11Cl2N3S/c21-14-5-1-12(2-6-14)18-19(13-3-7-15(22)8-4-13)25-16-9-10-23-11-17(16)26-20(25)24-18/h1-11H. The zero-order chi connectivity index (χ0) is 17.7. The highest BCUT2D eigenvalue weighted by atomic mass is 35.5. The lowest BCUT2D eigenvalue weighted by molar-refractivity contribution is 1.28. The van der Waals surface area contributed by atoms with Crippen molar-refractivity contribution in [3.05, 3.63) is 77.0 Å². The second kappa shape index (κ2) is 6.09. The molecule has 0 N–H and O–H groups in total. The first-order valence-corrected chi connectivity index (χ1v) is 9.55. The van der Waals surface area contributed by atoms with E-state index in [9.17, 15) is 0 Å². The highest BCUT2D eigenvalue weighted by Crippen LogP contribution is 2.38. The minimum absolute atomic E-state index is 0.708. The third-order valence-electron chi connectivity index (χ3n) is 4.29. The summed E-state index contributed by atoms with van der Waals surface area (Å²) in [6.45, 7) is 0. The first-order valence-electron chi connectivity index (χ1n) is 7.97. The van der Waals surface area contributed by atoms with Crippen LogP contribution in [0.15, 0.2) is 67.0 Å². The Morgan fingerprint density at radius 3 is 2.15 bits per heavy atom. The molecule has 0 aliphatic carbocycles. The van der Waals surface area contributed by atoms with Gasteiger partial charge in [-0.05, 0) is 30.3 Å². The van der Waals surface area contributed by atoms with Gasteiger partial charge in [-0.3, -0.25) is 9.38 Å². The third kappa shape index (κ3) is 2.50. The molecular weight excluding hydrogens is 385 g/mol. The number of pyridine rings is 1. The Hall–Kier alpha value is -2.40. The normalized spacial score (nSPS) is 11.5. The molecule has 26 heavy (non-hydrogen) atoms. The van der Waals surface area contributed by atoms with Crippen LogP contribution in [-0.4, -0.2) is 14.4 Å². The number of benzene rings is 2. The molecule has 6 heteroatoms. The molecule has 3 aromatic heterocycles. The Kier molecular flexibility index (Phi) is 3.71. The van der Waals surface area contributed by atoms with Crippen molar-refractivity contribution in [1.29, 1.82) is 0 Å². The van der Waals surface area contributed by atoms with Crippen molar-refractivity contribution in [3.63, 3.8) is 0 Å². The summed E-state index contributed by atoms with van der Waals surface area (Å²) < 4.78 is 3.29. The van der Waals surface area contributed by atoms with Gasteiger partial charge in [0.05, 0.1) is 21.6 Å². The van der Waals surface area contributed by atoms with Gasteiger partial charge in [-0.25, -0.2) is 4.98 Å². The molecule has 0 spiro atoms. The summed E-state index contributed by atoms with van der Waals surface area (Å²) in [6.07, 6.45) is 3.68. The van der Waals surface area contributed by atoms with E-state index in [1.165, 1.54) is 0 Å². The van der Waals surface area contributed by atoms with Crippen molar-refractivity contribution in [2.45, 2.75) is 0 Å². The molecule has 3 nitrogen and oxygen atoms in total. The number of hydrogen-bond acceptors (Lipinski definition) is 3. The molecule has 2 aromatic carbocycles. The molecule has 0 unspecified atom stereocenters. The lowest BCUT2D eigenvalue weighted by Crippen LogP contribution is -1.89. The highest BCUT2D eigenvalue weighted by Gasteiger charge is 2.19. The molecule has 126 valence electrons. The summed E-state index contributed by atoms with van der Waals surface area (Å²) >= 11 is 13.8. The number of thiazole rings is 1. The fraction of sp³-hybridized carbons (Fsp3) is 0. The lowest BCUT2D eigenvalue weighted by Gasteiger charge is -2.06. The van der Waals surface area contributed by atoms with Crippen molar-refractivity contribution in [2.24, 2.45) is 0 Å². The first-order chi connectivity index (χ1) is 12.7. The van der Waals surface area contributed by atoms with Gasteiger partial charge in [0.15, 0.2) is 4.96 Å². The van der Waals surface area contributed by atoms with Crippen LogP contribution in [0.2, 0.25) is 10.0 Å². The van der Waals surface area contributed by atoms with Gasteiger partial charge in [0.25, 0.3) is 0 Å². The molecule has 0 aliphatic heterocycles. The average molecular weight is 396 g/mol. The lowest BCUT2D eigenvalue weighted by atomic mass is 10.0. The van der Waals surface area contributed by atoms with E-state index < -0.39 is 0 Å². The Labute approximate surface area is 163 Å². The average Bonchev–Trinajstić information content (AvgIpc) is 3.19. The Bertz CT molecular complexity index is 1240. The van der Waals surface area contributed by atoms with E-state index >= 15 is 0 Å². The molecule has 5 rings (SSSR count).